The number of hydrogen-bond donors (Lipinski definition) is 0. The summed E-state index contributed by atoms with van der Waals surface area (Å²) in [4.78, 5) is 12.1. The van der Waals surface area contributed by atoms with Gasteiger partial charge in [-0.15, -0.1) is 0 Å². The molecule has 1 aliphatic carbocycles. The largest absolute Gasteiger partial charge is 0.486 e. The van der Waals surface area contributed by atoms with E-state index in [2.05, 4.69) is 0 Å². The van der Waals surface area contributed by atoms with E-state index in [1.54, 1.807) is 6.07 Å². The average Bonchev–Trinajstić information content (AvgIpc) is 2.62. The van der Waals surface area contributed by atoms with Crippen LogP contribution >= 0.6 is 0 Å². The molecule has 0 amide bonds. The highest BCUT2D eigenvalue weighted by molar-refractivity contribution is 5.39. The van der Waals surface area contributed by atoms with Crippen LogP contribution in [0.1, 0.15) is 24.8 Å². The van der Waals surface area contributed by atoms with Gasteiger partial charge in [0.15, 0.2) is 11.6 Å². The van der Waals surface area contributed by atoms with E-state index in [0.717, 1.165) is 30.9 Å². The molecule has 114 valence electrons. The molecule has 0 saturated heterocycles. The Labute approximate surface area is 128 Å². The van der Waals surface area contributed by atoms with Crippen molar-refractivity contribution in [1.82, 2.24) is 0 Å². The van der Waals surface area contributed by atoms with Crippen molar-refractivity contribution in [3.05, 3.63) is 70.1 Å². The quantitative estimate of drug-likeness (QED) is 0.844. The van der Waals surface area contributed by atoms with Crippen molar-refractivity contribution < 1.29 is 13.9 Å². The molecule has 1 saturated carbocycles. The molecule has 4 heteroatoms. The lowest BCUT2D eigenvalue weighted by atomic mass is 9.96. The first-order valence-electron chi connectivity index (χ1n) is 7.40. The van der Waals surface area contributed by atoms with Gasteiger partial charge in [0.1, 0.15) is 6.61 Å². The second kappa shape index (κ2) is 6.60. The lowest BCUT2D eigenvalue weighted by molar-refractivity contribution is 0.114. The van der Waals surface area contributed by atoms with Crippen LogP contribution in [0.3, 0.4) is 0 Å². The Morgan fingerprint density at radius 1 is 1.05 bits per heavy atom. The maximum Gasteiger partial charge on any atom is 0.259 e. The first-order chi connectivity index (χ1) is 10.7. The molecule has 0 unspecified atom stereocenters. The zero-order valence-corrected chi connectivity index (χ0v) is 12.1. The molecule has 0 aromatic heterocycles. The summed E-state index contributed by atoms with van der Waals surface area (Å²) in [7, 11) is 0. The van der Waals surface area contributed by atoms with E-state index in [-0.39, 0.29) is 18.5 Å². The molecule has 0 heterocycles. The zero-order valence-electron chi connectivity index (χ0n) is 12.1. The van der Waals surface area contributed by atoms with Gasteiger partial charge in [0, 0.05) is 0 Å². The summed E-state index contributed by atoms with van der Waals surface area (Å²) in [6.45, 7) is 0.195. The lowest BCUT2D eigenvalue weighted by Gasteiger charge is -2.26. The summed E-state index contributed by atoms with van der Waals surface area (Å²) in [5, 5.41) is 0. The SMILES string of the molecule is O=c1c(F)cccc(OC2CCC2)c1OCc1ccccc1. The molecule has 1 fully saturated rings. The minimum atomic E-state index is -0.841. The smallest absolute Gasteiger partial charge is 0.259 e. The summed E-state index contributed by atoms with van der Waals surface area (Å²) in [6, 6.07) is 13.6. The van der Waals surface area contributed by atoms with Gasteiger partial charge in [-0.2, -0.15) is 0 Å². The Bertz CT molecular complexity index is 696. The molecular formula is C18H17FO3. The van der Waals surface area contributed by atoms with Crippen molar-refractivity contribution in [1.29, 1.82) is 0 Å². The molecule has 1 aliphatic rings. The third-order valence-corrected chi connectivity index (χ3v) is 3.71. The lowest BCUT2D eigenvalue weighted by Crippen LogP contribution is -2.25. The van der Waals surface area contributed by atoms with E-state index >= 15 is 0 Å². The molecule has 22 heavy (non-hydrogen) atoms. The minimum absolute atomic E-state index is 0.0572. The normalized spacial score (nSPS) is 14.2. The molecule has 2 aromatic rings. The summed E-state index contributed by atoms with van der Waals surface area (Å²) >= 11 is 0. The Morgan fingerprint density at radius 3 is 2.50 bits per heavy atom. The van der Waals surface area contributed by atoms with Crippen LogP contribution in [-0.2, 0) is 6.61 Å². The van der Waals surface area contributed by atoms with Crippen molar-refractivity contribution in [3.63, 3.8) is 0 Å². The number of ether oxygens (including phenoxy) is 2. The van der Waals surface area contributed by atoms with Crippen LogP contribution in [0, 0.1) is 5.82 Å². The first kappa shape index (κ1) is 14.6. The van der Waals surface area contributed by atoms with Crippen molar-refractivity contribution in [2.45, 2.75) is 32.0 Å². The van der Waals surface area contributed by atoms with Gasteiger partial charge in [-0.05, 0) is 37.0 Å². The average molecular weight is 300 g/mol. The number of halogens is 1. The van der Waals surface area contributed by atoms with Crippen LogP contribution in [0.4, 0.5) is 4.39 Å². The molecular weight excluding hydrogens is 283 g/mol. The van der Waals surface area contributed by atoms with Crippen molar-refractivity contribution in [2.75, 3.05) is 0 Å². The third kappa shape index (κ3) is 3.27. The van der Waals surface area contributed by atoms with Crippen LogP contribution < -0.4 is 14.9 Å². The number of benzene rings is 1. The molecule has 3 nitrogen and oxygen atoms in total. The van der Waals surface area contributed by atoms with Crippen molar-refractivity contribution >= 4 is 0 Å². The fraction of sp³-hybridized carbons (Fsp3) is 0.278. The zero-order chi connectivity index (χ0) is 15.4. The summed E-state index contributed by atoms with van der Waals surface area (Å²) < 4.78 is 25.1. The predicted molar refractivity (Wildman–Crippen MR) is 81.7 cm³/mol. The molecule has 0 N–H and O–H groups in total. The fourth-order valence-corrected chi connectivity index (χ4v) is 2.22. The van der Waals surface area contributed by atoms with Gasteiger partial charge >= 0.3 is 0 Å². The van der Waals surface area contributed by atoms with E-state index in [4.69, 9.17) is 9.47 Å². The number of rotatable bonds is 5. The molecule has 0 aliphatic heterocycles. The van der Waals surface area contributed by atoms with E-state index in [1.807, 2.05) is 30.3 Å². The Hall–Kier alpha value is -2.36. The van der Waals surface area contributed by atoms with Crippen LogP contribution in [0.15, 0.2) is 53.3 Å². The minimum Gasteiger partial charge on any atom is -0.486 e. The Kier molecular flexibility index (Phi) is 4.37. The summed E-state index contributed by atoms with van der Waals surface area (Å²) in [5.74, 6) is -0.584. The van der Waals surface area contributed by atoms with Crippen molar-refractivity contribution in [2.24, 2.45) is 0 Å². The van der Waals surface area contributed by atoms with Gasteiger partial charge in [-0.25, -0.2) is 4.39 Å². The van der Waals surface area contributed by atoms with Gasteiger partial charge in [0.25, 0.3) is 5.43 Å². The van der Waals surface area contributed by atoms with Crippen LogP contribution in [0.25, 0.3) is 0 Å². The van der Waals surface area contributed by atoms with Gasteiger partial charge in [0.2, 0.25) is 5.75 Å². The molecule has 0 atom stereocenters. The third-order valence-electron chi connectivity index (χ3n) is 3.71. The summed E-state index contributed by atoms with van der Waals surface area (Å²) in [5.41, 5.74) is 0.138. The standard InChI is InChI=1S/C18H17FO3/c19-15-10-5-11-16(22-14-8-4-9-14)18(17(15)20)21-12-13-6-2-1-3-7-13/h1-3,5-7,10-11,14H,4,8-9,12H2. The highest BCUT2D eigenvalue weighted by Gasteiger charge is 2.22. The number of hydrogen-bond acceptors (Lipinski definition) is 3. The first-order valence-corrected chi connectivity index (χ1v) is 7.40. The topological polar surface area (TPSA) is 35.5 Å². The van der Waals surface area contributed by atoms with E-state index in [0.29, 0.717) is 5.75 Å². The van der Waals surface area contributed by atoms with E-state index in [1.165, 1.54) is 6.07 Å². The Morgan fingerprint density at radius 2 is 1.82 bits per heavy atom. The molecule has 0 radical (unpaired) electrons. The monoisotopic (exact) mass is 300 g/mol. The van der Waals surface area contributed by atoms with Gasteiger partial charge in [0.05, 0.1) is 6.10 Å². The van der Waals surface area contributed by atoms with Crippen LogP contribution in [0.2, 0.25) is 0 Å². The fourth-order valence-electron chi connectivity index (χ4n) is 2.22. The van der Waals surface area contributed by atoms with Gasteiger partial charge in [-0.3, -0.25) is 4.79 Å². The van der Waals surface area contributed by atoms with Crippen molar-refractivity contribution in [3.8, 4) is 11.5 Å². The molecule has 2 aromatic carbocycles. The highest BCUT2D eigenvalue weighted by Crippen LogP contribution is 2.30. The maximum atomic E-state index is 13.7. The predicted octanol–water partition coefficient (Wildman–Crippen LogP) is 3.70. The molecule has 0 bridgehead atoms. The summed E-state index contributed by atoms with van der Waals surface area (Å²) in [6.07, 6.45) is 3.10. The van der Waals surface area contributed by atoms with Crippen LogP contribution in [-0.4, -0.2) is 6.10 Å². The Balaban J connectivity index is 1.87. The van der Waals surface area contributed by atoms with Gasteiger partial charge in [-0.1, -0.05) is 36.4 Å². The van der Waals surface area contributed by atoms with E-state index < -0.39 is 11.2 Å². The second-order valence-electron chi connectivity index (χ2n) is 5.34. The molecule has 0 spiro atoms. The van der Waals surface area contributed by atoms with E-state index in [9.17, 15) is 9.18 Å². The van der Waals surface area contributed by atoms with Gasteiger partial charge < -0.3 is 9.47 Å². The maximum absolute atomic E-state index is 13.7. The highest BCUT2D eigenvalue weighted by atomic mass is 19.1. The van der Waals surface area contributed by atoms with Crippen LogP contribution in [0.5, 0.6) is 11.5 Å². The second-order valence-corrected chi connectivity index (χ2v) is 5.34. The molecule has 3 rings (SSSR count).